The minimum absolute atomic E-state index is 0.448. The molecule has 0 heterocycles. The molecule has 0 atom stereocenters. The molecule has 0 saturated heterocycles. The predicted molar refractivity (Wildman–Crippen MR) is 79.0 cm³/mol. The van der Waals surface area contributed by atoms with E-state index >= 15 is 0 Å². The van der Waals surface area contributed by atoms with E-state index in [1.54, 1.807) is 13.8 Å². The fourth-order valence-corrected chi connectivity index (χ4v) is 3.24. The van der Waals surface area contributed by atoms with Crippen molar-refractivity contribution in [2.24, 2.45) is 5.92 Å². The highest BCUT2D eigenvalue weighted by atomic mass is 32.2. The van der Waals surface area contributed by atoms with Gasteiger partial charge in [-0.1, -0.05) is 6.92 Å². The van der Waals surface area contributed by atoms with Gasteiger partial charge in [-0.2, -0.15) is 0 Å². The first kappa shape index (κ1) is 16.9. The van der Waals surface area contributed by atoms with E-state index in [1.807, 2.05) is 11.9 Å². The van der Waals surface area contributed by atoms with Crippen LogP contribution < -0.4 is 0 Å². The summed E-state index contributed by atoms with van der Waals surface area (Å²) in [6.45, 7) is 6.70. The third-order valence-electron chi connectivity index (χ3n) is 4.42. The van der Waals surface area contributed by atoms with Gasteiger partial charge in [0.05, 0.1) is 10.3 Å². The van der Waals surface area contributed by atoms with Gasteiger partial charge in [-0.3, -0.25) is 0 Å². The van der Waals surface area contributed by atoms with Gasteiger partial charge in [-0.05, 0) is 52.5 Å². The van der Waals surface area contributed by atoms with Gasteiger partial charge in [0, 0.05) is 19.3 Å². The molecule has 1 fully saturated rings. The van der Waals surface area contributed by atoms with E-state index in [0.717, 1.165) is 25.7 Å². The average molecular weight is 291 g/mol. The van der Waals surface area contributed by atoms with Crippen molar-refractivity contribution < 1.29 is 13.5 Å². The summed E-state index contributed by atoms with van der Waals surface area (Å²) in [5.41, 5.74) is -0.644. The molecule has 114 valence electrons. The van der Waals surface area contributed by atoms with E-state index < -0.39 is 20.2 Å². The van der Waals surface area contributed by atoms with E-state index in [2.05, 4.69) is 6.92 Å². The Morgan fingerprint density at radius 3 is 2.21 bits per heavy atom. The Kier molecular flexibility index (Phi) is 5.08. The molecule has 4 nitrogen and oxygen atoms in total. The van der Waals surface area contributed by atoms with Crippen LogP contribution in [0.4, 0.5) is 0 Å². The lowest BCUT2D eigenvalue weighted by Gasteiger charge is -2.39. The van der Waals surface area contributed by atoms with Gasteiger partial charge in [0.2, 0.25) is 0 Å². The summed E-state index contributed by atoms with van der Waals surface area (Å²) in [5.74, 6) is 0.693. The summed E-state index contributed by atoms with van der Waals surface area (Å²) in [5, 5.41) is 10.6. The zero-order chi connectivity index (χ0) is 14.9. The molecule has 1 rings (SSSR count). The number of rotatable bonds is 5. The number of hydrogen-bond acceptors (Lipinski definition) is 4. The van der Waals surface area contributed by atoms with Gasteiger partial charge in [0.25, 0.3) is 0 Å². The Morgan fingerprint density at radius 1 is 1.32 bits per heavy atom. The van der Waals surface area contributed by atoms with Crippen LogP contribution in [0, 0.1) is 5.92 Å². The molecule has 0 radical (unpaired) electrons. The molecule has 19 heavy (non-hydrogen) atoms. The normalized spacial score (nSPS) is 29.7. The number of likely N-dealkylation sites (N-methyl/N-ethyl adjacent to an activating group) is 1. The first-order chi connectivity index (χ1) is 8.45. The smallest absolute Gasteiger partial charge is 0.153 e. The third-order valence-corrected chi connectivity index (χ3v) is 6.56. The van der Waals surface area contributed by atoms with Crippen molar-refractivity contribution in [3.8, 4) is 0 Å². The van der Waals surface area contributed by atoms with Gasteiger partial charge in [0.15, 0.2) is 9.84 Å². The van der Waals surface area contributed by atoms with Crippen LogP contribution in [0.15, 0.2) is 0 Å². The Bertz CT molecular complexity index is 395. The van der Waals surface area contributed by atoms with Crippen LogP contribution in [0.2, 0.25) is 0 Å². The molecule has 1 N–H and O–H groups in total. The topological polar surface area (TPSA) is 57.6 Å². The molecule has 0 aromatic rings. The Morgan fingerprint density at radius 2 is 1.79 bits per heavy atom. The highest BCUT2D eigenvalue weighted by molar-refractivity contribution is 7.92. The lowest BCUT2D eigenvalue weighted by molar-refractivity contribution is -0.0311. The quantitative estimate of drug-likeness (QED) is 0.837. The van der Waals surface area contributed by atoms with Gasteiger partial charge in [0.1, 0.15) is 0 Å². The van der Waals surface area contributed by atoms with Crippen LogP contribution in [-0.4, -0.2) is 55.2 Å². The molecular formula is C14H29NO3S. The number of aliphatic hydroxyl groups is 1. The average Bonchev–Trinajstić information content (AvgIpc) is 2.20. The van der Waals surface area contributed by atoms with Gasteiger partial charge in [-0.15, -0.1) is 0 Å². The summed E-state index contributed by atoms with van der Waals surface area (Å²) in [6, 6.07) is 0. The van der Waals surface area contributed by atoms with Crippen molar-refractivity contribution >= 4 is 9.84 Å². The van der Waals surface area contributed by atoms with Crippen molar-refractivity contribution in [3.63, 3.8) is 0 Å². The third kappa shape index (κ3) is 4.72. The van der Waals surface area contributed by atoms with Crippen LogP contribution in [0.3, 0.4) is 0 Å². The molecule has 0 aromatic heterocycles. The zero-order valence-electron chi connectivity index (χ0n) is 12.9. The molecule has 0 spiro atoms. The second kappa shape index (κ2) is 5.70. The van der Waals surface area contributed by atoms with Gasteiger partial charge >= 0.3 is 0 Å². The Labute approximate surface area is 118 Å². The first-order valence-corrected chi connectivity index (χ1v) is 8.95. The lowest BCUT2D eigenvalue weighted by Crippen LogP contribution is -2.49. The zero-order valence-corrected chi connectivity index (χ0v) is 13.8. The minimum Gasteiger partial charge on any atom is -0.389 e. The molecule has 0 aromatic carbocycles. The lowest BCUT2D eigenvalue weighted by atomic mass is 9.79. The van der Waals surface area contributed by atoms with Crippen molar-refractivity contribution in [3.05, 3.63) is 0 Å². The van der Waals surface area contributed by atoms with Crippen LogP contribution in [0.25, 0.3) is 0 Å². The number of nitrogens with zero attached hydrogens (tertiary/aromatic N) is 1. The van der Waals surface area contributed by atoms with Crippen molar-refractivity contribution in [1.82, 2.24) is 4.90 Å². The second-order valence-corrected chi connectivity index (χ2v) is 9.76. The maximum atomic E-state index is 11.7. The molecule has 0 aliphatic heterocycles. The van der Waals surface area contributed by atoms with Crippen LogP contribution in [0.5, 0.6) is 0 Å². The fourth-order valence-electron chi connectivity index (χ4n) is 2.78. The van der Waals surface area contributed by atoms with Crippen LogP contribution in [0.1, 0.15) is 46.5 Å². The molecule has 0 amide bonds. The monoisotopic (exact) mass is 291 g/mol. The molecule has 0 bridgehead atoms. The van der Waals surface area contributed by atoms with Crippen molar-refractivity contribution in [2.45, 2.75) is 56.8 Å². The SMILES string of the molecule is CC1CCC(O)(CN(C)CC(C)(C)S(C)(=O)=O)CC1. The van der Waals surface area contributed by atoms with E-state index in [4.69, 9.17) is 0 Å². The molecular weight excluding hydrogens is 262 g/mol. The van der Waals surface area contributed by atoms with E-state index in [9.17, 15) is 13.5 Å². The molecule has 1 aliphatic rings. The van der Waals surface area contributed by atoms with Crippen LogP contribution >= 0.6 is 0 Å². The van der Waals surface area contributed by atoms with Gasteiger partial charge < -0.3 is 10.0 Å². The molecule has 5 heteroatoms. The standard InChI is InChI=1S/C14H29NO3S/c1-12-6-8-14(16,9-7-12)11-15(4)10-13(2,3)19(5,17)18/h12,16H,6-11H2,1-5H3. The van der Waals surface area contributed by atoms with Crippen LogP contribution in [-0.2, 0) is 9.84 Å². The van der Waals surface area contributed by atoms with Crippen molar-refractivity contribution in [1.29, 1.82) is 0 Å². The summed E-state index contributed by atoms with van der Waals surface area (Å²) in [7, 11) is -1.20. The summed E-state index contributed by atoms with van der Waals surface area (Å²) < 4.78 is 22.7. The number of sulfone groups is 1. The van der Waals surface area contributed by atoms with Gasteiger partial charge in [-0.25, -0.2) is 8.42 Å². The second-order valence-electron chi connectivity index (χ2n) is 7.11. The molecule has 0 unspecified atom stereocenters. The molecule has 1 aliphatic carbocycles. The summed E-state index contributed by atoms with van der Waals surface area (Å²) >= 11 is 0. The highest BCUT2D eigenvalue weighted by Gasteiger charge is 2.36. The highest BCUT2D eigenvalue weighted by Crippen LogP contribution is 2.32. The summed E-state index contributed by atoms with van der Waals surface area (Å²) in [6.07, 6.45) is 5.02. The Balaban J connectivity index is 2.58. The first-order valence-electron chi connectivity index (χ1n) is 7.06. The van der Waals surface area contributed by atoms with E-state index in [-0.39, 0.29) is 0 Å². The van der Waals surface area contributed by atoms with E-state index in [0.29, 0.717) is 19.0 Å². The summed E-state index contributed by atoms with van der Waals surface area (Å²) in [4.78, 5) is 1.96. The van der Waals surface area contributed by atoms with Crippen molar-refractivity contribution in [2.75, 3.05) is 26.4 Å². The Hall–Kier alpha value is -0.130. The maximum absolute atomic E-state index is 11.7. The minimum atomic E-state index is -3.09. The predicted octanol–water partition coefficient (Wildman–Crippen LogP) is 1.68. The molecule has 1 saturated carbocycles. The largest absolute Gasteiger partial charge is 0.389 e. The van der Waals surface area contributed by atoms with E-state index in [1.165, 1.54) is 6.26 Å². The fraction of sp³-hybridized carbons (Fsp3) is 1.00. The maximum Gasteiger partial charge on any atom is 0.153 e. The number of hydrogen-bond donors (Lipinski definition) is 1.